The molecule has 0 bridgehead atoms. The number of carbonyl (C=O) groups is 4. The Morgan fingerprint density at radius 1 is 1.04 bits per heavy atom. The summed E-state index contributed by atoms with van der Waals surface area (Å²) in [5.41, 5.74) is 6.09. The van der Waals surface area contributed by atoms with Crippen LogP contribution in [-0.4, -0.2) is 35.4 Å². The van der Waals surface area contributed by atoms with Gasteiger partial charge < -0.3 is 15.8 Å². The minimum absolute atomic E-state index is 0.0160. The molecule has 0 radical (unpaired) electrons. The number of para-hydroxylation sites is 1. The lowest BCUT2D eigenvalue weighted by atomic mass is 10.1. The van der Waals surface area contributed by atoms with Gasteiger partial charge in [0.2, 0.25) is 5.91 Å². The minimum atomic E-state index is -1.10. The molecule has 2 amide bonds. The number of anilines is 1. The van der Waals surface area contributed by atoms with E-state index in [0.29, 0.717) is 16.1 Å². The first-order valence-electron chi connectivity index (χ1n) is 8.41. The van der Waals surface area contributed by atoms with Crippen LogP contribution >= 0.6 is 11.8 Å². The van der Waals surface area contributed by atoms with Gasteiger partial charge in [-0.25, -0.2) is 4.79 Å². The van der Waals surface area contributed by atoms with Crippen molar-refractivity contribution in [1.82, 2.24) is 0 Å². The average molecular weight is 400 g/mol. The first-order chi connectivity index (χ1) is 13.3. The number of hydrogen-bond acceptors (Lipinski definition) is 6. The zero-order valence-corrected chi connectivity index (χ0v) is 16.2. The summed E-state index contributed by atoms with van der Waals surface area (Å²) >= 11 is 1.11. The van der Waals surface area contributed by atoms with Crippen LogP contribution in [0.5, 0.6) is 0 Å². The highest BCUT2D eigenvalue weighted by molar-refractivity contribution is 8.00. The van der Waals surface area contributed by atoms with Gasteiger partial charge in [-0.3, -0.25) is 14.4 Å². The van der Waals surface area contributed by atoms with Crippen LogP contribution in [-0.2, 0) is 14.3 Å². The van der Waals surface area contributed by atoms with E-state index in [9.17, 15) is 19.2 Å². The summed E-state index contributed by atoms with van der Waals surface area (Å²) < 4.78 is 5.25. The van der Waals surface area contributed by atoms with E-state index in [4.69, 9.17) is 10.5 Å². The van der Waals surface area contributed by atoms with Gasteiger partial charge in [-0.2, -0.15) is 0 Å². The Kier molecular flexibility index (Phi) is 7.34. The molecule has 0 aromatic heterocycles. The van der Waals surface area contributed by atoms with Gasteiger partial charge in [0.25, 0.3) is 5.91 Å². The smallest absolute Gasteiger partial charge is 0.340 e. The number of ether oxygens (including phenoxy) is 1. The summed E-state index contributed by atoms with van der Waals surface area (Å²) in [7, 11) is 0. The van der Waals surface area contributed by atoms with Crippen LogP contribution in [0.3, 0.4) is 0 Å². The zero-order chi connectivity index (χ0) is 20.7. The fourth-order valence-corrected chi connectivity index (χ4v) is 3.10. The lowest BCUT2D eigenvalue weighted by Crippen LogP contribution is -2.30. The number of nitrogens with two attached hydrogens (primary N) is 1. The molecule has 0 aliphatic rings. The molecule has 1 atom stereocenters. The molecular formula is C20H20N2O5S. The molecule has 3 N–H and O–H groups in total. The molecule has 0 aliphatic carbocycles. The number of benzene rings is 2. The van der Waals surface area contributed by atoms with Crippen molar-refractivity contribution in [2.24, 2.45) is 5.73 Å². The van der Waals surface area contributed by atoms with E-state index in [1.807, 2.05) is 0 Å². The second-order valence-corrected chi connectivity index (χ2v) is 6.91. The molecule has 28 heavy (non-hydrogen) atoms. The quantitative estimate of drug-likeness (QED) is 0.400. The summed E-state index contributed by atoms with van der Waals surface area (Å²) in [5, 5.41) is 2.60. The molecule has 0 aliphatic heterocycles. The number of primary amides is 1. The minimum Gasteiger partial charge on any atom is -0.449 e. The number of amides is 2. The van der Waals surface area contributed by atoms with Crippen molar-refractivity contribution < 1.29 is 23.9 Å². The van der Waals surface area contributed by atoms with Crippen molar-refractivity contribution in [3.8, 4) is 0 Å². The topological polar surface area (TPSA) is 116 Å². The summed E-state index contributed by atoms with van der Waals surface area (Å²) in [5.74, 6) is -1.95. The van der Waals surface area contributed by atoms with Gasteiger partial charge in [0.1, 0.15) is 0 Å². The van der Waals surface area contributed by atoms with Crippen LogP contribution in [0, 0.1) is 0 Å². The molecule has 2 rings (SSSR count). The largest absolute Gasteiger partial charge is 0.449 e. The van der Waals surface area contributed by atoms with Crippen LogP contribution < -0.4 is 11.1 Å². The Labute approximate surface area is 166 Å². The summed E-state index contributed by atoms with van der Waals surface area (Å²) in [4.78, 5) is 48.0. The number of Topliss-reactive ketones (excluding diaryl/α,β-unsaturated/α-hetero) is 1. The van der Waals surface area contributed by atoms with Crippen LogP contribution in [0.2, 0.25) is 0 Å². The van der Waals surface area contributed by atoms with Crippen molar-refractivity contribution in [2.75, 3.05) is 11.1 Å². The molecule has 7 nitrogen and oxygen atoms in total. The van der Waals surface area contributed by atoms with Crippen LogP contribution in [0.15, 0.2) is 53.4 Å². The molecule has 0 saturated heterocycles. The predicted octanol–water partition coefficient (Wildman–Crippen LogP) is 2.65. The highest BCUT2D eigenvalue weighted by Crippen LogP contribution is 2.23. The third kappa shape index (κ3) is 5.68. The number of nitrogens with one attached hydrogen (secondary N) is 1. The number of carbonyl (C=O) groups excluding carboxylic acids is 4. The lowest BCUT2D eigenvalue weighted by Gasteiger charge is -2.16. The maximum Gasteiger partial charge on any atom is 0.340 e. The van der Waals surface area contributed by atoms with Gasteiger partial charge in [0, 0.05) is 10.5 Å². The van der Waals surface area contributed by atoms with E-state index in [-0.39, 0.29) is 17.1 Å². The van der Waals surface area contributed by atoms with Gasteiger partial charge in [0.05, 0.1) is 17.0 Å². The third-order valence-electron chi connectivity index (χ3n) is 3.69. The molecule has 1 unspecified atom stereocenters. The monoisotopic (exact) mass is 400 g/mol. The molecule has 8 heteroatoms. The van der Waals surface area contributed by atoms with Gasteiger partial charge in [-0.15, -0.1) is 11.8 Å². The maximum absolute atomic E-state index is 12.5. The van der Waals surface area contributed by atoms with Crippen LogP contribution in [0.1, 0.15) is 34.6 Å². The van der Waals surface area contributed by atoms with Gasteiger partial charge in [-0.1, -0.05) is 24.3 Å². The second-order valence-electron chi connectivity index (χ2n) is 5.89. The fraction of sp³-hybridized carbons (Fsp3) is 0.200. The van der Waals surface area contributed by atoms with E-state index < -0.39 is 23.9 Å². The average Bonchev–Trinajstić information content (AvgIpc) is 2.66. The SMILES string of the molecule is CC(=O)c1ccccc1NC(=O)C(C)OC(=O)c1ccccc1SCC(N)=O. The summed E-state index contributed by atoms with van der Waals surface area (Å²) in [6.45, 7) is 2.83. The first-order valence-corrected chi connectivity index (χ1v) is 9.40. The molecule has 0 fully saturated rings. The molecule has 0 saturated carbocycles. The summed E-state index contributed by atoms with van der Waals surface area (Å²) in [6.07, 6.45) is -1.10. The Morgan fingerprint density at radius 2 is 1.64 bits per heavy atom. The molecule has 146 valence electrons. The first kappa shape index (κ1) is 21.2. The summed E-state index contributed by atoms with van der Waals surface area (Å²) in [6, 6.07) is 13.1. The Hall–Kier alpha value is -3.13. The van der Waals surface area contributed by atoms with E-state index >= 15 is 0 Å². The van der Waals surface area contributed by atoms with Crippen LogP contribution in [0.4, 0.5) is 5.69 Å². The van der Waals surface area contributed by atoms with Crippen molar-refractivity contribution in [2.45, 2.75) is 24.8 Å². The van der Waals surface area contributed by atoms with Crippen molar-refractivity contribution >= 4 is 41.0 Å². The number of ketones is 1. The Balaban J connectivity index is 2.08. The fourth-order valence-electron chi connectivity index (χ4n) is 2.32. The molecule has 2 aromatic rings. The molecule has 0 heterocycles. The van der Waals surface area contributed by atoms with Crippen molar-refractivity contribution in [3.05, 3.63) is 59.7 Å². The molecule has 0 spiro atoms. The van der Waals surface area contributed by atoms with Crippen molar-refractivity contribution in [1.29, 1.82) is 0 Å². The standard InChI is InChI=1S/C20H20N2O5S/c1-12(23)14-7-3-5-9-16(14)22-19(25)13(2)27-20(26)15-8-4-6-10-17(15)28-11-18(21)24/h3-10,13H,11H2,1-2H3,(H2,21,24)(H,22,25). The van der Waals surface area contributed by atoms with E-state index in [0.717, 1.165) is 11.8 Å². The lowest BCUT2D eigenvalue weighted by molar-refractivity contribution is -0.123. The highest BCUT2D eigenvalue weighted by atomic mass is 32.2. The highest BCUT2D eigenvalue weighted by Gasteiger charge is 2.22. The molecular weight excluding hydrogens is 380 g/mol. The van der Waals surface area contributed by atoms with E-state index in [1.54, 1.807) is 48.5 Å². The van der Waals surface area contributed by atoms with Gasteiger partial charge >= 0.3 is 5.97 Å². The molecule has 2 aromatic carbocycles. The predicted molar refractivity (Wildman–Crippen MR) is 106 cm³/mol. The van der Waals surface area contributed by atoms with Gasteiger partial charge in [0.15, 0.2) is 11.9 Å². The number of hydrogen-bond donors (Lipinski definition) is 2. The van der Waals surface area contributed by atoms with Crippen molar-refractivity contribution in [3.63, 3.8) is 0 Å². The third-order valence-corrected chi connectivity index (χ3v) is 4.79. The number of esters is 1. The van der Waals surface area contributed by atoms with Gasteiger partial charge in [-0.05, 0) is 38.1 Å². The number of thioether (sulfide) groups is 1. The van der Waals surface area contributed by atoms with Crippen LogP contribution in [0.25, 0.3) is 0 Å². The number of rotatable bonds is 8. The van der Waals surface area contributed by atoms with E-state index in [2.05, 4.69) is 5.32 Å². The second kappa shape index (κ2) is 9.70. The zero-order valence-electron chi connectivity index (χ0n) is 15.4. The maximum atomic E-state index is 12.5. The normalized spacial score (nSPS) is 11.4. The Morgan fingerprint density at radius 3 is 2.29 bits per heavy atom. The Bertz CT molecular complexity index is 913. The van der Waals surface area contributed by atoms with E-state index in [1.165, 1.54) is 13.8 Å².